The number of amides is 2. The molecule has 3 rings (SSSR count). The highest BCUT2D eigenvalue weighted by molar-refractivity contribution is 8.18. The van der Waals surface area contributed by atoms with Gasteiger partial charge in [0, 0.05) is 0 Å². The van der Waals surface area contributed by atoms with Crippen molar-refractivity contribution < 1.29 is 14.3 Å². The molecule has 1 N–H and O–H groups in total. The maximum Gasteiger partial charge on any atom is 0.290 e. The highest BCUT2D eigenvalue weighted by atomic mass is 32.2. The molecule has 1 atom stereocenters. The number of hydrogen-bond donors (Lipinski definition) is 1. The Morgan fingerprint density at radius 2 is 2.04 bits per heavy atom. The zero-order valence-corrected chi connectivity index (χ0v) is 15.7. The molecule has 25 heavy (non-hydrogen) atoms. The lowest BCUT2D eigenvalue weighted by Crippen LogP contribution is -2.21. The normalized spacial score (nSPS) is 21.4. The van der Waals surface area contributed by atoms with Crippen LogP contribution in [0.1, 0.15) is 50.2 Å². The largest absolute Gasteiger partial charge is 0.493 e. The molecule has 1 saturated carbocycles. The molecule has 1 aliphatic carbocycles. The number of imide groups is 1. The van der Waals surface area contributed by atoms with Crippen molar-refractivity contribution in [2.45, 2.75) is 46.0 Å². The number of benzene rings is 1. The van der Waals surface area contributed by atoms with Crippen molar-refractivity contribution >= 4 is 29.0 Å². The summed E-state index contributed by atoms with van der Waals surface area (Å²) in [4.78, 5) is 23.3. The van der Waals surface area contributed by atoms with E-state index in [4.69, 9.17) is 4.74 Å². The first-order valence-corrected chi connectivity index (χ1v) is 9.83. The van der Waals surface area contributed by atoms with Gasteiger partial charge in [0.05, 0.1) is 11.5 Å². The lowest BCUT2D eigenvalue weighted by Gasteiger charge is -2.27. The van der Waals surface area contributed by atoms with Crippen LogP contribution in [0.3, 0.4) is 0 Å². The molecule has 1 saturated heterocycles. The fourth-order valence-electron chi connectivity index (χ4n) is 3.56. The summed E-state index contributed by atoms with van der Waals surface area (Å²) < 4.78 is 6.06. The summed E-state index contributed by atoms with van der Waals surface area (Å²) >= 11 is 0.939. The zero-order chi connectivity index (χ0) is 17.8. The maximum absolute atomic E-state index is 11.6. The molecule has 2 amide bonds. The zero-order valence-electron chi connectivity index (χ0n) is 14.8. The molecular weight excluding hydrogens is 334 g/mol. The van der Waals surface area contributed by atoms with Crippen molar-refractivity contribution in [3.05, 3.63) is 34.2 Å². The van der Waals surface area contributed by atoms with Crippen LogP contribution in [0.25, 0.3) is 6.08 Å². The SMILES string of the molecule is Cc1cc(/C=C2\SC(=O)NC2=O)ccc1OCC(C)C1CCCCC1. The quantitative estimate of drug-likeness (QED) is 0.759. The van der Waals surface area contributed by atoms with Gasteiger partial charge in [-0.3, -0.25) is 14.9 Å². The monoisotopic (exact) mass is 359 g/mol. The Labute approximate surface area is 153 Å². The van der Waals surface area contributed by atoms with E-state index in [0.717, 1.165) is 41.2 Å². The van der Waals surface area contributed by atoms with Crippen LogP contribution in [0, 0.1) is 18.8 Å². The molecule has 1 heterocycles. The van der Waals surface area contributed by atoms with Crippen LogP contribution in [0.2, 0.25) is 0 Å². The Morgan fingerprint density at radius 3 is 2.68 bits per heavy atom. The average molecular weight is 359 g/mol. The number of ether oxygens (including phenoxy) is 1. The van der Waals surface area contributed by atoms with Gasteiger partial charge in [0.2, 0.25) is 0 Å². The van der Waals surface area contributed by atoms with Gasteiger partial charge in [-0.05, 0) is 59.9 Å². The lowest BCUT2D eigenvalue weighted by molar-refractivity contribution is -0.115. The lowest BCUT2D eigenvalue weighted by atomic mass is 9.81. The summed E-state index contributed by atoms with van der Waals surface area (Å²) in [7, 11) is 0. The fourth-order valence-corrected chi connectivity index (χ4v) is 4.24. The van der Waals surface area contributed by atoms with Gasteiger partial charge in [0.15, 0.2) is 0 Å². The highest BCUT2D eigenvalue weighted by Crippen LogP contribution is 2.31. The summed E-state index contributed by atoms with van der Waals surface area (Å²) in [5, 5.41) is 1.95. The second-order valence-corrected chi connectivity index (χ2v) is 8.08. The van der Waals surface area contributed by atoms with Gasteiger partial charge < -0.3 is 4.74 Å². The van der Waals surface area contributed by atoms with Gasteiger partial charge >= 0.3 is 0 Å². The van der Waals surface area contributed by atoms with E-state index in [2.05, 4.69) is 12.2 Å². The van der Waals surface area contributed by atoms with E-state index in [9.17, 15) is 9.59 Å². The Kier molecular flexibility index (Phi) is 5.84. The van der Waals surface area contributed by atoms with Gasteiger partial charge in [-0.25, -0.2) is 0 Å². The Hall–Kier alpha value is -1.75. The first kappa shape index (κ1) is 18.1. The van der Waals surface area contributed by atoms with Gasteiger partial charge in [-0.15, -0.1) is 0 Å². The molecule has 1 unspecified atom stereocenters. The smallest absolute Gasteiger partial charge is 0.290 e. The third-order valence-corrected chi connectivity index (χ3v) is 5.91. The van der Waals surface area contributed by atoms with Crippen LogP contribution in [0.15, 0.2) is 23.1 Å². The molecule has 1 aromatic rings. The first-order chi connectivity index (χ1) is 12.0. The maximum atomic E-state index is 11.6. The Bertz CT molecular complexity index is 692. The van der Waals surface area contributed by atoms with Crippen LogP contribution in [-0.4, -0.2) is 17.8 Å². The minimum absolute atomic E-state index is 0.315. The van der Waals surface area contributed by atoms with Gasteiger partial charge in [0.1, 0.15) is 5.75 Å². The molecule has 5 heteroatoms. The van der Waals surface area contributed by atoms with E-state index >= 15 is 0 Å². The predicted molar refractivity (Wildman–Crippen MR) is 102 cm³/mol. The molecule has 0 aromatic heterocycles. The van der Waals surface area contributed by atoms with Crippen molar-refractivity contribution in [1.29, 1.82) is 0 Å². The number of hydrogen-bond acceptors (Lipinski definition) is 4. The number of carbonyl (C=O) groups is 2. The van der Waals surface area contributed by atoms with Crippen LogP contribution >= 0.6 is 11.8 Å². The molecule has 1 aromatic carbocycles. The molecule has 1 aliphatic heterocycles. The molecule has 134 valence electrons. The standard InChI is InChI=1S/C20H25NO3S/c1-13-10-15(11-18-19(22)21-20(23)25-18)8-9-17(13)24-12-14(2)16-6-4-3-5-7-16/h8-11,14,16H,3-7,12H2,1-2H3,(H,21,22,23)/b18-11-. The van der Waals surface area contributed by atoms with E-state index < -0.39 is 0 Å². The molecule has 0 bridgehead atoms. The van der Waals surface area contributed by atoms with E-state index in [1.165, 1.54) is 32.1 Å². The molecule has 0 spiro atoms. The van der Waals surface area contributed by atoms with Crippen molar-refractivity contribution in [1.82, 2.24) is 5.32 Å². The third kappa shape index (κ3) is 4.66. The van der Waals surface area contributed by atoms with Crippen LogP contribution in [0.4, 0.5) is 4.79 Å². The van der Waals surface area contributed by atoms with Gasteiger partial charge in [-0.2, -0.15) is 0 Å². The summed E-state index contributed by atoms with van der Waals surface area (Å²) in [6.45, 7) is 5.05. The molecule has 2 aliphatic rings. The van der Waals surface area contributed by atoms with Crippen LogP contribution in [0.5, 0.6) is 5.75 Å². The summed E-state index contributed by atoms with van der Waals surface area (Å²) in [6, 6.07) is 5.87. The van der Waals surface area contributed by atoms with E-state index in [1.54, 1.807) is 6.08 Å². The number of carbonyl (C=O) groups excluding carboxylic acids is 2. The second kappa shape index (κ2) is 8.09. The fraction of sp³-hybridized carbons (Fsp3) is 0.500. The minimum atomic E-state index is -0.325. The van der Waals surface area contributed by atoms with Crippen molar-refractivity contribution in [3.8, 4) is 5.75 Å². The van der Waals surface area contributed by atoms with Crippen LogP contribution < -0.4 is 10.1 Å². The third-order valence-electron chi connectivity index (χ3n) is 5.10. The van der Waals surface area contributed by atoms with Crippen molar-refractivity contribution in [3.63, 3.8) is 0 Å². The molecular formula is C20H25NO3S. The Morgan fingerprint density at radius 1 is 1.28 bits per heavy atom. The average Bonchev–Trinajstić information content (AvgIpc) is 2.92. The van der Waals surface area contributed by atoms with Gasteiger partial charge in [-0.1, -0.05) is 45.1 Å². The topological polar surface area (TPSA) is 55.4 Å². The summed E-state index contributed by atoms with van der Waals surface area (Å²) in [5.74, 6) is 1.93. The predicted octanol–water partition coefficient (Wildman–Crippen LogP) is 4.91. The number of thioether (sulfide) groups is 1. The van der Waals surface area contributed by atoms with E-state index in [-0.39, 0.29) is 11.1 Å². The minimum Gasteiger partial charge on any atom is -0.493 e. The number of aryl methyl sites for hydroxylation is 1. The van der Waals surface area contributed by atoms with Gasteiger partial charge in [0.25, 0.3) is 11.1 Å². The van der Waals surface area contributed by atoms with Crippen molar-refractivity contribution in [2.24, 2.45) is 11.8 Å². The van der Waals surface area contributed by atoms with E-state index in [0.29, 0.717) is 10.8 Å². The molecule has 2 fully saturated rings. The Balaban J connectivity index is 1.61. The number of rotatable bonds is 5. The van der Waals surface area contributed by atoms with Crippen molar-refractivity contribution in [2.75, 3.05) is 6.61 Å². The van der Waals surface area contributed by atoms with Crippen LogP contribution in [-0.2, 0) is 4.79 Å². The second-order valence-electron chi connectivity index (χ2n) is 7.06. The number of nitrogens with one attached hydrogen (secondary N) is 1. The summed E-state index contributed by atoms with van der Waals surface area (Å²) in [5.41, 5.74) is 1.94. The molecule has 0 radical (unpaired) electrons. The van der Waals surface area contributed by atoms with E-state index in [1.807, 2.05) is 25.1 Å². The summed E-state index contributed by atoms with van der Waals surface area (Å²) in [6.07, 6.45) is 8.48. The first-order valence-electron chi connectivity index (χ1n) is 9.01. The highest BCUT2D eigenvalue weighted by Gasteiger charge is 2.25. The molecule has 4 nitrogen and oxygen atoms in total.